The summed E-state index contributed by atoms with van der Waals surface area (Å²) in [6.07, 6.45) is 1.78. The van der Waals surface area contributed by atoms with Crippen LogP contribution in [0.2, 0.25) is 0 Å². The fourth-order valence-electron chi connectivity index (χ4n) is 1.96. The Labute approximate surface area is 125 Å². The fraction of sp³-hybridized carbons (Fsp3) is 0.308. The minimum Gasteiger partial charge on any atom is -0.394 e. The first-order valence-corrected chi connectivity index (χ1v) is 7.48. The molecule has 0 aliphatic heterocycles. The van der Waals surface area contributed by atoms with Gasteiger partial charge in [0.15, 0.2) is 5.13 Å². The van der Waals surface area contributed by atoms with Crippen LogP contribution in [0.4, 0.5) is 5.13 Å². The maximum Gasteiger partial charge on any atom is 0.180 e. The van der Waals surface area contributed by atoms with Crippen LogP contribution in [0.3, 0.4) is 0 Å². The molecule has 1 atom stereocenters. The molecule has 2 rings (SSSR count). The molecule has 3 N–H and O–H groups in total. The van der Waals surface area contributed by atoms with E-state index >= 15 is 0 Å². The average Bonchev–Trinajstić information content (AvgIpc) is 2.75. The van der Waals surface area contributed by atoms with E-state index in [0.717, 1.165) is 14.9 Å². The van der Waals surface area contributed by atoms with Crippen molar-refractivity contribution >= 4 is 32.4 Å². The van der Waals surface area contributed by atoms with Crippen molar-refractivity contribution in [1.29, 1.82) is 0 Å². The molecule has 0 aliphatic carbocycles. The van der Waals surface area contributed by atoms with Crippen LogP contribution in [0.25, 0.3) is 0 Å². The summed E-state index contributed by atoms with van der Waals surface area (Å²) in [5.74, 6) is 0. The highest BCUT2D eigenvalue weighted by Crippen LogP contribution is 2.25. The number of nitrogens with two attached hydrogens (primary N) is 1. The first-order valence-electron chi connectivity index (χ1n) is 5.87. The first kappa shape index (κ1) is 14.5. The molecule has 102 valence electrons. The number of benzene rings is 1. The number of halogens is 1. The molecule has 0 amide bonds. The SMILES string of the molecule is CN(Cc1cnc(N)s1)C(CO)c1cccc(Br)c1. The van der Waals surface area contributed by atoms with E-state index in [9.17, 15) is 5.11 Å². The van der Waals surface area contributed by atoms with Gasteiger partial charge in [-0.3, -0.25) is 4.90 Å². The van der Waals surface area contributed by atoms with Gasteiger partial charge in [0.25, 0.3) is 0 Å². The second-order valence-electron chi connectivity index (χ2n) is 4.33. The highest BCUT2D eigenvalue weighted by molar-refractivity contribution is 9.10. The van der Waals surface area contributed by atoms with Crippen LogP contribution < -0.4 is 5.73 Å². The van der Waals surface area contributed by atoms with Gasteiger partial charge in [0.1, 0.15) is 0 Å². The molecule has 1 unspecified atom stereocenters. The van der Waals surface area contributed by atoms with Crippen LogP contribution in [0.15, 0.2) is 34.9 Å². The van der Waals surface area contributed by atoms with Crippen molar-refractivity contribution in [3.63, 3.8) is 0 Å². The smallest absolute Gasteiger partial charge is 0.180 e. The summed E-state index contributed by atoms with van der Waals surface area (Å²) in [5.41, 5.74) is 6.71. The Hall–Kier alpha value is -0.950. The fourth-order valence-corrected chi connectivity index (χ4v) is 3.13. The van der Waals surface area contributed by atoms with E-state index in [1.54, 1.807) is 6.20 Å². The molecule has 0 saturated carbocycles. The average molecular weight is 342 g/mol. The normalized spacial score (nSPS) is 12.8. The quantitative estimate of drug-likeness (QED) is 0.877. The van der Waals surface area contributed by atoms with Gasteiger partial charge in [-0.25, -0.2) is 4.98 Å². The Morgan fingerprint density at radius 1 is 1.53 bits per heavy atom. The molecule has 0 aliphatic rings. The van der Waals surface area contributed by atoms with Gasteiger partial charge < -0.3 is 10.8 Å². The predicted molar refractivity (Wildman–Crippen MR) is 82.0 cm³/mol. The molecule has 0 spiro atoms. The third kappa shape index (κ3) is 3.76. The van der Waals surface area contributed by atoms with E-state index in [-0.39, 0.29) is 12.6 Å². The Bertz CT molecular complexity index is 546. The van der Waals surface area contributed by atoms with Crippen molar-refractivity contribution in [3.05, 3.63) is 45.4 Å². The van der Waals surface area contributed by atoms with Crippen molar-refractivity contribution in [2.75, 3.05) is 19.4 Å². The summed E-state index contributed by atoms with van der Waals surface area (Å²) in [5, 5.41) is 10.2. The summed E-state index contributed by atoms with van der Waals surface area (Å²) in [6.45, 7) is 0.786. The summed E-state index contributed by atoms with van der Waals surface area (Å²) in [4.78, 5) is 7.22. The number of thiazole rings is 1. The van der Waals surface area contributed by atoms with Gasteiger partial charge in [-0.2, -0.15) is 0 Å². The molecule has 0 radical (unpaired) electrons. The van der Waals surface area contributed by atoms with Crippen LogP contribution in [0.5, 0.6) is 0 Å². The number of nitrogens with zero attached hydrogens (tertiary/aromatic N) is 2. The third-order valence-electron chi connectivity index (χ3n) is 2.92. The molecule has 0 fully saturated rings. The van der Waals surface area contributed by atoms with Crippen molar-refractivity contribution in [2.45, 2.75) is 12.6 Å². The third-order valence-corrected chi connectivity index (χ3v) is 4.22. The van der Waals surface area contributed by atoms with E-state index in [2.05, 4.69) is 25.8 Å². The van der Waals surface area contributed by atoms with E-state index in [4.69, 9.17) is 5.73 Å². The number of aliphatic hydroxyl groups excluding tert-OH is 1. The standard InChI is InChI=1S/C13H16BrN3OS/c1-17(7-11-6-16-13(15)19-11)12(8-18)9-3-2-4-10(14)5-9/h2-6,12,18H,7-8H2,1H3,(H2,15,16). The van der Waals surface area contributed by atoms with Gasteiger partial charge in [-0.1, -0.05) is 28.1 Å². The molecule has 0 saturated heterocycles. The number of likely N-dealkylation sites (N-methyl/N-ethyl adjacent to an activating group) is 1. The number of aromatic nitrogens is 1. The second kappa shape index (κ2) is 6.47. The van der Waals surface area contributed by atoms with E-state index in [1.165, 1.54) is 11.3 Å². The van der Waals surface area contributed by atoms with Crippen molar-refractivity contribution < 1.29 is 5.11 Å². The van der Waals surface area contributed by atoms with Crippen LogP contribution in [0, 0.1) is 0 Å². The number of aliphatic hydroxyl groups is 1. The molecule has 2 aromatic rings. The molecule has 1 heterocycles. The van der Waals surface area contributed by atoms with E-state index < -0.39 is 0 Å². The summed E-state index contributed by atoms with van der Waals surface area (Å²) in [7, 11) is 1.98. The maximum atomic E-state index is 9.63. The second-order valence-corrected chi connectivity index (χ2v) is 6.40. The monoisotopic (exact) mass is 341 g/mol. The van der Waals surface area contributed by atoms with Crippen molar-refractivity contribution in [1.82, 2.24) is 9.88 Å². The zero-order chi connectivity index (χ0) is 13.8. The van der Waals surface area contributed by atoms with Crippen LogP contribution in [0.1, 0.15) is 16.5 Å². The van der Waals surface area contributed by atoms with Crippen LogP contribution in [-0.4, -0.2) is 28.6 Å². The van der Waals surface area contributed by atoms with Gasteiger partial charge in [0.2, 0.25) is 0 Å². The van der Waals surface area contributed by atoms with Crippen LogP contribution >= 0.6 is 27.3 Å². The minimum absolute atomic E-state index is 0.0409. The number of hydrogen-bond acceptors (Lipinski definition) is 5. The Morgan fingerprint density at radius 2 is 2.32 bits per heavy atom. The zero-order valence-corrected chi connectivity index (χ0v) is 13.0. The summed E-state index contributed by atoms with van der Waals surface area (Å²) >= 11 is 4.93. The van der Waals surface area contributed by atoms with Gasteiger partial charge in [0.05, 0.1) is 12.6 Å². The van der Waals surface area contributed by atoms with Gasteiger partial charge >= 0.3 is 0 Å². The van der Waals surface area contributed by atoms with Crippen molar-refractivity contribution in [2.24, 2.45) is 0 Å². The molecule has 4 nitrogen and oxygen atoms in total. The zero-order valence-electron chi connectivity index (χ0n) is 10.6. The predicted octanol–water partition coefficient (Wildman–Crippen LogP) is 2.65. The van der Waals surface area contributed by atoms with Gasteiger partial charge in [-0.05, 0) is 24.7 Å². The highest BCUT2D eigenvalue weighted by Gasteiger charge is 2.17. The molecule has 1 aromatic carbocycles. The van der Waals surface area contributed by atoms with Crippen LogP contribution in [-0.2, 0) is 6.54 Å². The maximum absolute atomic E-state index is 9.63. The molecule has 0 bridgehead atoms. The topological polar surface area (TPSA) is 62.4 Å². The van der Waals surface area contributed by atoms with E-state index in [1.807, 2.05) is 31.3 Å². The summed E-state index contributed by atoms with van der Waals surface area (Å²) < 4.78 is 1.01. The lowest BCUT2D eigenvalue weighted by molar-refractivity contribution is 0.143. The molecule has 6 heteroatoms. The number of hydrogen-bond donors (Lipinski definition) is 2. The first-order chi connectivity index (χ1) is 9.10. The molecule has 1 aromatic heterocycles. The van der Waals surface area contributed by atoms with Gasteiger partial charge in [0, 0.05) is 22.1 Å². The minimum atomic E-state index is -0.0409. The lowest BCUT2D eigenvalue weighted by Crippen LogP contribution is -2.26. The van der Waals surface area contributed by atoms with E-state index in [0.29, 0.717) is 11.7 Å². The Kier molecular flexibility index (Phi) is 4.93. The van der Waals surface area contributed by atoms with Crippen molar-refractivity contribution in [3.8, 4) is 0 Å². The lowest BCUT2D eigenvalue weighted by Gasteiger charge is -2.26. The lowest BCUT2D eigenvalue weighted by atomic mass is 10.1. The summed E-state index contributed by atoms with van der Waals surface area (Å²) in [6, 6.07) is 7.95. The molecular weight excluding hydrogens is 326 g/mol. The Balaban J connectivity index is 2.12. The Morgan fingerprint density at radius 3 is 2.89 bits per heavy atom. The number of anilines is 1. The largest absolute Gasteiger partial charge is 0.394 e. The molecule has 19 heavy (non-hydrogen) atoms. The number of rotatable bonds is 5. The molecular formula is C13H16BrN3OS. The van der Waals surface area contributed by atoms with Gasteiger partial charge in [-0.15, -0.1) is 11.3 Å². The number of nitrogen functional groups attached to an aromatic ring is 1. The highest BCUT2D eigenvalue weighted by atomic mass is 79.9.